The Morgan fingerprint density at radius 3 is 2.41 bits per heavy atom. The van der Waals surface area contributed by atoms with E-state index >= 15 is 0 Å². The van der Waals surface area contributed by atoms with Gasteiger partial charge < -0.3 is 0 Å². The minimum atomic E-state index is -3.68. The molecule has 1 heterocycles. The molecule has 0 aliphatic carbocycles. The fourth-order valence-corrected chi connectivity index (χ4v) is 3.87. The van der Waals surface area contributed by atoms with Crippen LogP contribution in [0.5, 0.6) is 0 Å². The summed E-state index contributed by atoms with van der Waals surface area (Å²) in [5.74, 6) is -0.517. The number of rotatable bonds is 4. The Hall–Kier alpha value is -3.36. The normalized spacial score (nSPS) is 11.7. The van der Waals surface area contributed by atoms with Crippen LogP contribution >= 0.6 is 0 Å². The highest BCUT2D eigenvalue weighted by atomic mass is 32.2. The van der Waals surface area contributed by atoms with Gasteiger partial charge in [0, 0.05) is 10.9 Å². The summed E-state index contributed by atoms with van der Waals surface area (Å²) in [4.78, 5) is 13.0. The topological polar surface area (TPSA) is 81.1 Å². The minimum Gasteiger partial charge on any atom is -0.267 e. The molecule has 4 aromatic rings. The number of nitrogens with one attached hydrogen (secondary N) is 1. The van der Waals surface area contributed by atoms with Crippen LogP contribution in [-0.2, 0) is 10.0 Å². The Bertz CT molecular complexity index is 1380. The average Bonchev–Trinajstić information content (AvgIpc) is 2.74. The van der Waals surface area contributed by atoms with Gasteiger partial charge in [-0.3, -0.25) is 4.79 Å². The first kappa shape index (κ1) is 19.0. The van der Waals surface area contributed by atoms with Gasteiger partial charge in [-0.2, -0.15) is 9.78 Å². The molecule has 4 rings (SSSR count). The lowest BCUT2D eigenvalue weighted by atomic mass is 10.0. The van der Waals surface area contributed by atoms with E-state index in [4.69, 9.17) is 0 Å². The smallest absolute Gasteiger partial charge is 0.267 e. The molecule has 0 saturated heterocycles. The van der Waals surface area contributed by atoms with E-state index in [1.54, 1.807) is 36.4 Å². The maximum atomic E-state index is 14.0. The predicted molar refractivity (Wildman–Crippen MR) is 109 cm³/mol. The molecule has 0 fully saturated rings. The summed E-state index contributed by atoms with van der Waals surface area (Å²) < 4.78 is 41.9. The number of nitrogens with zero attached hydrogens (tertiary/aromatic N) is 2. The molecule has 0 saturated carbocycles. The lowest BCUT2D eigenvalue weighted by molar-refractivity contribution is 0.588. The number of hydrogen-bond donors (Lipinski definition) is 1. The van der Waals surface area contributed by atoms with Gasteiger partial charge in [-0.25, -0.2) is 17.5 Å². The van der Waals surface area contributed by atoms with E-state index in [2.05, 4.69) is 9.82 Å². The van der Waals surface area contributed by atoms with Crippen molar-refractivity contribution >= 4 is 20.8 Å². The fraction of sp³-hybridized carbons (Fsp3) is 0.0476. The molecule has 1 aromatic heterocycles. The van der Waals surface area contributed by atoms with Gasteiger partial charge in [0.1, 0.15) is 5.82 Å². The summed E-state index contributed by atoms with van der Waals surface area (Å²) in [7, 11) is -2.36. The van der Waals surface area contributed by atoms with Crippen LogP contribution in [-0.4, -0.2) is 25.2 Å². The van der Waals surface area contributed by atoms with Crippen LogP contribution in [0, 0.1) is 5.82 Å². The summed E-state index contributed by atoms with van der Waals surface area (Å²) >= 11 is 0. The lowest BCUT2D eigenvalue weighted by Crippen LogP contribution is -2.22. The molecule has 8 heteroatoms. The molecule has 0 aliphatic heterocycles. The molecule has 0 radical (unpaired) electrons. The summed E-state index contributed by atoms with van der Waals surface area (Å²) in [6.45, 7) is 0. The Labute approximate surface area is 166 Å². The number of halogens is 1. The number of para-hydroxylation sites is 1. The highest BCUT2D eigenvalue weighted by molar-refractivity contribution is 7.89. The second-order valence-electron chi connectivity index (χ2n) is 6.33. The first-order valence-corrected chi connectivity index (χ1v) is 10.2. The molecule has 0 unspecified atom stereocenters. The van der Waals surface area contributed by atoms with Gasteiger partial charge >= 0.3 is 0 Å². The lowest BCUT2D eigenvalue weighted by Gasteiger charge is -2.12. The largest absolute Gasteiger partial charge is 0.279 e. The first-order valence-electron chi connectivity index (χ1n) is 8.73. The van der Waals surface area contributed by atoms with E-state index in [-0.39, 0.29) is 10.3 Å². The van der Waals surface area contributed by atoms with Crippen LogP contribution in [0.4, 0.5) is 4.39 Å². The molecule has 0 amide bonds. The van der Waals surface area contributed by atoms with Crippen molar-refractivity contribution in [3.05, 3.63) is 89.0 Å². The molecule has 146 valence electrons. The van der Waals surface area contributed by atoms with Crippen LogP contribution in [0.25, 0.3) is 27.7 Å². The van der Waals surface area contributed by atoms with Gasteiger partial charge in [0.05, 0.1) is 21.7 Å². The van der Waals surface area contributed by atoms with Crippen LogP contribution in [0.2, 0.25) is 0 Å². The zero-order chi connectivity index (χ0) is 20.6. The zero-order valence-corrected chi connectivity index (χ0v) is 16.2. The van der Waals surface area contributed by atoms with Crippen molar-refractivity contribution in [1.29, 1.82) is 0 Å². The van der Waals surface area contributed by atoms with Crippen molar-refractivity contribution < 1.29 is 12.8 Å². The van der Waals surface area contributed by atoms with Crippen LogP contribution in [0.3, 0.4) is 0 Å². The first-order chi connectivity index (χ1) is 13.9. The molecular weight excluding hydrogens is 393 g/mol. The maximum absolute atomic E-state index is 14.0. The van der Waals surface area contributed by atoms with E-state index in [9.17, 15) is 17.6 Å². The summed E-state index contributed by atoms with van der Waals surface area (Å²) in [6.07, 6.45) is 0. The van der Waals surface area contributed by atoms with Crippen molar-refractivity contribution in [3.63, 3.8) is 0 Å². The second kappa shape index (κ2) is 7.23. The zero-order valence-electron chi connectivity index (χ0n) is 15.3. The molecule has 6 nitrogen and oxygen atoms in total. The molecular formula is C21H16FN3O3S. The molecule has 1 N–H and O–H groups in total. The van der Waals surface area contributed by atoms with Gasteiger partial charge in [0.2, 0.25) is 10.0 Å². The van der Waals surface area contributed by atoms with Crippen molar-refractivity contribution in [2.24, 2.45) is 0 Å². The highest BCUT2D eigenvalue weighted by Gasteiger charge is 2.17. The van der Waals surface area contributed by atoms with Gasteiger partial charge in [0.15, 0.2) is 0 Å². The van der Waals surface area contributed by atoms with Crippen molar-refractivity contribution in [2.75, 3.05) is 7.05 Å². The van der Waals surface area contributed by atoms with E-state index in [1.165, 1.54) is 42.1 Å². The maximum Gasteiger partial charge on any atom is 0.279 e. The van der Waals surface area contributed by atoms with Crippen LogP contribution in [0.1, 0.15) is 0 Å². The van der Waals surface area contributed by atoms with Crippen LogP contribution in [0.15, 0.2) is 82.5 Å². The number of sulfonamides is 1. The van der Waals surface area contributed by atoms with Gasteiger partial charge in [0.25, 0.3) is 5.56 Å². The quantitative estimate of drug-likeness (QED) is 0.562. The summed E-state index contributed by atoms with van der Waals surface area (Å²) in [6, 6.07) is 18.8. The van der Waals surface area contributed by atoms with E-state index in [0.29, 0.717) is 22.3 Å². The van der Waals surface area contributed by atoms with Crippen molar-refractivity contribution in [2.45, 2.75) is 4.90 Å². The van der Waals surface area contributed by atoms with Crippen molar-refractivity contribution in [3.8, 4) is 16.9 Å². The Balaban J connectivity index is 2.07. The standard InChI is InChI=1S/C21H16FN3O3S/c1-23-29(27,28)17-9-5-6-14(12-17)20-19-13-15(22)10-11-18(19)21(26)25(24-20)16-7-3-2-4-8-16/h2-13,23H,1H3. The van der Waals surface area contributed by atoms with Gasteiger partial charge in [-0.1, -0.05) is 30.3 Å². The third-order valence-electron chi connectivity index (χ3n) is 4.55. The molecule has 29 heavy (non-hydrogen) atoms. The highest BCUT2D eigenvalue weighted by Crippen LogP contribution is 2.27. The molecule has 0 spiro atoms. The predicted octanol–water partition coefficient (Wildman–Crippen LogP) is 3.10. The minimum absolute atomic E-state index is 0.0429. The van der Waals surface area contributed by atoms with E-state index in [1.807, 2.05) is 6.07 Å². The Kier molecular flexibility index (Phi) is 4.73. The Morgan fingerprint density at radius 2 is 1.69 bits per heavy atom. The number of hydrogen-bond acceptors (Lipinski definition) is 4. The number of fused-ring (bicyclic) bond motifs is 1. The molecule has 0 aliphatic rings. The van der Waals surface area contributed by atoms with Gasteiger partial charge in [-0.05, 0) is 49.5 Å². The molecule has 0 bridgehead atoms. The third kappa shape index (κ3) is 3.43. The third-order valence-corrected chi connectivity index (χ3v) is 5.96. The number of benzene rings is 3. The second-order valence-corrected chi connectivity index (χ2v) is 8.21. The number of aromatic nitrogens is 2. The average molecular weight is 409 g/mol. The van der Waals surface area contributed by atoms with E-state index < -0.39 is 21.4 Å². The SMILES string of the molecule is CNS(=O)(=O)c1cccc(-c2nn(-c3ccccc3)c(=O)c3ccc(F)cc23)c1. The monoisotopic (exact) mass is 409 g/mol. The van der Waals surface area contributed by atoms with E-state index in [0.717, 1.165) is 0 Å². The fourth-order valence-electron chi connectivity index (χ4n) is 3.10. The molecule has 3 aromatic carbocycles. The van der Waals surface area contributed by atoms with Gasteiger partial charge in [-0.15, -0.1) is 0 Å². The summed E-state index contributed by atoms with van der Waals surface area (Å²) in [5, 5.41) is 5.04. The van der Waals surface area contributed by atoms with Crippen LogP contribution < -0.4 is 10.3 Å². The Morgan fingerprint density at radius 1 is 0.931 bits per heavy atom. The molecule has 0 atom stereocenters. The van der Waals surface area contributed by atoms with Crippen molar-refractivity contribution in [1.82, 2.24) is 14.5 Å². The summed E-state index contributed by atoms with van der Waals surface area (Å²) in [5.41, 5.74) is 0.899.